The van der Waals surface area contributed by atoms with E-state index in [4.69, 9.17) is 16.6 Å². The van der Waals surface area contributed by atoms with Crippen molar-refractivity contribution in [3.63, 3.8) is 0 Å². The molecule has 4 heteroatoms. The van der Waals surface area contributed by atoms with E-state index >= 15 is 0 Å². The van der Waals surface area contributed by atoms with E-state index in [1.165, 1.54) is 12.1 Å². The third-order valence-corrected chi connectivity index (χ3v) is 1.95. The molecule has 1 aromatic rings. The summed E-state index contributed by atoms with van der Waals surface area (Å²) in [7, 11) is 0. The van der Waals surface area contributed by atoms with E-state index in [1.807, 2.05) is 0 Å². The van der Waals surface area contributed by atoms with Gasteiger partial charge in [0.2, 0.25) is 0 Å². The molecule has 0 aliphatic rings. The predicted molar refractivity (Wildman–Crippen MR) is 50.3 cm³/mol. The Kier molecular flexibility index (Phi) is 2.75. The van der Waals surface area contributed by atoms with Gasteiger partial charge in [-0.05, 0) is 24.6 Å². The summed E-state index contributed by atoms with van der Waals surface area (Å²) < 4.78 is 0. The SMILES string of the molecule is C[C@H](N)[C@@H](N)c1ccc(O)c(O)c1. The largest absolute Gasteiger partial charge is 0.504 e. The molecule has 72 valence electrons. The minimum atomic E-state index is -0.327. The third kappa shape index (κ3) is 2.11. The summed E-state index contributed by atoms with van der Waals surface area (Å²) in [5.74, 6) is -0.325. The molecule has 0 radical (unpaired) electrons. The minimum Gasteiger partial charge on any atom is -0.504 e. The van der Waals surface area contributed by atoms with Crippen LogP contribution in [-0.4, -0.2) is 16.3 Å². The van der Waals surface area contributed by atoms with Crippen molar-refractivity contribution in [2.45, 2.75) is 19.0 Å². The minimum absolute atomic E-state index is 0.152. The molecular formula is C9H14N2O2. The van der Waals surface area contributed by atoms with Crippen molar-refractivity contribution < 1.29 is 10.2 Å². The molecule has 0 aliphatic heterocycles. The molecule has 0 bridgehead atoms. The maximum atomic E-state index is 9.18. The van der Waals surface area contributed by atoms with Crippen LogP contribution in [0.2, 0.25) is 0 Å². The fraction of sp³-hybridized carbons (Fsp3) is 0.333. The average molecular weight is 182 g/mol. The quantitative estimate of drug-likeness (QED) is 0.499. The Hall–Kier alpha value is -1.26. The second-order valence-corrected chi connectivity index (χ2v) is 3.13. The maximum Gasteiger partial charge on any atom is 0.157 e. The van der Waals surface area contributed by atoms with Crippen LogP contribution in [0.25, 0.3) is 0 Å². The molecule has 0 saturated heterocycles. The smallest absolute Gasteiger partial charge is 0.157 e. The van der Waals surface area contributed by atoms with Crippen LogP contribution in [-0.2, 0) is 0 Å². The summed E-state index contributed by atoms with van der Waals surface area (Å²) in [5.41, 5.74) is 12.0. The third-order valence-electron chi connectivity index (χ3n) is 1.95. The second kappa shape index (κ2) is 3.64. The van der Waals surface area contributed by atoms with Crippen LogP contribution in [0.3, 0.4) is 0 Å². The van der Waals surface area contributed by atoms with Gasteiger partial charge in [-0.15, -0.1) is 0 Å². The van der Waals surface area contributed by atoms with Crippen LogP contribution in [0.5, 0.6) is 11.5 Å². The van der Waals surface area contributed by atoms with Gasteiger partial charge in [-0.25, -0.2) is 0 Å². The standard InChI is InChI=1S/C9H14N2O2/c1-5(10)9(11)6-2-3-7(12)8(13)4-6/h2-5,9,12-13H,10-11H2,1H3/t5-,9+/m0/s1. The van der Waals surface area contributed by atoms with E-state index in [9.17, 15) is 5.11 Å². The second-order valence-electron chi connectivity index (χ2n) is 3.13. The monoisotopic (exact) mass is 182 g/mol. The lowest BCUT2D eigenvalue weighted by Crippen LogP contribution is -2.30. The Bertz CT molecular complexity index is 300. The lowest BCUT2D eigenvalue weighted by molar-refractivity contribution is 0.402. The van der Waals surface area contributed by atoms with Gasteiger partial charge in [0.15, 0.2) is 11.5 Å². The summed E-state index contributed by atoms with van der Waals surface area (Å²) in [5, 5.41) is 18.2. The van der Waals surface area contributed by atoms with Gasteiger partial charge in [-0.2, -0.15) is 0 Å². The molecule has 4 nitrogen and oxygen atoms in total. The number of hydrogen-bond donors (Lipinski definition) is 4. The molecule has 2 atom stereocenters. The summed E-state index contributed by atoms with van der Waals surface area (Å²) >= 11 is 0. The predicted octanol–water partition coefficient (Wildman–Crippen LogP) is 0.445. The van der Waals surface area contributed by atoms with Crippen molar-refractivity contribution in [2.24, 2.45) is 11.5 Å². The Morgan fingerprint density at radius 1 is 1.15 bits per heavy atom. The van der Waals surface area contributed by atoms with Gasteiger partial charge in [0.05, 0.1) is 0 Å². The van der Waals surface area contributed by atoms with Gasteiger partial charge in [0.1, 0.15) is 0 Å². The molecule has 0 spiro atoms. The fourth-order valence-corrected chi connectivity index (χ4v) is 1.05. The average Bonchev–Trinajstić information content (AvgIpc) is 2.08. The van der Waals surface area contributed by atoms with Crippen molar-refractivity contribution in [1.29, 1.82) is 0 Å². The first kappa shape index (κ1) is 9.83. The van der Waals surface area contributed by atoms with Crippen LogP contribution in [0, 0.1) is 0 Å². The lowest BCUT2D eigenvalue weighted by atomic mass is 10.0. The van der Waals surface area contributed by atoms with E-state index in [0.717, 1.165) is 0 Å². The van der Waals surface area contributed by atoms with Crippen molar-refractivity contribution in [3.8, 4) is 11.5 Å². The highest BCUT2D eigenvalue weighted by Crippen LogP contribution is 2.27. The molecule has 0 heterocycles. The Balaban J connectivity index is 2.97. The zero-order valence-corrected chi connectivity index (χ0v) is 7.44. The van der Waals surface area contributed by atoms with Crippen LogP contribution < -0.4 is 11.5 Å². The first-order valence-corrected chi connectivity index (χ1v) is 4.05. The molecule has 13 heavy (non-hydrogen) atoms. The molecule has 0 fully saturated rings. The van der Waals surface area contributed by atoms with Gasteiger partial charge in [-0.3, -0.25) is 0 Å². The van der Waals surface area contributed by atoms with Crippen molar-refractivity contribution in [2.75, 3.05) is 0 Å². The molecule has 0 saturated carbocycles. The maximum absolute atomic E-state index is 9.18. The van der Waals surface area contributed by atoms with E-state index < -0.39 is 0 Å². The van der Waals surface area contributed by atoms with Crippen LogP contribution in [0.1, 0.15) is 18.5 Å². The Morgan fingerprint density at radius 2 is 1.77 bits per heavy atom. The first-order chi connectivity index (χ1) is 6.02. The Labute approximate surface area is 76.8 Å². The van der Waals surface area contributed by atoms with Crippen LogP contribution >= 0.6 is 0 Å². The highest BCUT2D eigenvalue weighted by Gasteiger charge is 2.12. The van der Waals surface area contributed by atoms with Crippen molar-refractivity contribution >= 4 is 0 Å². The van der Waals surface area contributed by atoms with E-state index in [1.54, 1.807) is 13.0 Å². The zero-order chi connectivity index (χ0) is 10.0. The van der Waals surface area contributed by atoms with Crippen molar-refractivity contribution in [1.82, 2.24) is 0 Å². The van der Waals surface area contributed by atoms with E-state index in [-0.39, 0.29) is 23.6 Å². The van der Waals surface area contributed by atoms with E-state index in [2.05, 4.69) is 0 Å². The molecule has 0 aromatic heterocycles. The molecule has 6 N–H and O–H groups in total. The molecular weight excluding hydrogens is 168 g/mol. The number of phenolic OH excluding ortho intramolecular Hbond substituents is 2. The number of benzene rings is 1. The number of aromatic hydroxyl groups is 2. The zero-order valence-electron chi connectivity index (χ0n) is 7.44. The normalized spacial score (nSPS) is 15.3. The molecule has 0 amide bonds. The van der Waals surface area contributed by atoms with Gasteiger partial charge in [-0.1, -0.05) is 6.07 Å². The fourth-order valence-electron chi connectivity index (χ4n) is 1.05. The summed E-state index contributed by atoms with van der Waals surface area (Å²) in [6, 6.07) is 3.94. The van der Waals surface area contributed by atoms with Crippen molar-refractivity contribution in [3.05, 3.63) is 23.8 Å². The summed E-state index contributed by atoms with van der Waals surface area (Å²) in [4.78, 5) is 0. The van der Waals surface area contributed by atoms with Gasteiger partial charge in [0.25, 0.3) is 0 Å². The molecule has 1 rings (SSSR count). The highest BCUT2D eigenvalue weighted by molar-refractivity contribution is 5.41. The van der Waals surface area contributed by atoms with Gasteiger partial charge >= 0.3 is 0 Å². The molecule has 1 aromatic carbocycles. The number of hydrogen-bond acceptors (Lipinski definition) is 4. The van der Waals surface area contributed by atoms with Gasteiger partial charge in [0, 0.05) is 12.1 Å². The molecule has 0 unspecified atom stereocenters. The van der Waals surface area contributed by atoms with Crippen LogP contribution in [0.4, 0.5) is 0 Å². The lowest BCUT2D eigenvalue weighted by Gasteiger charge is -2.16. The molecule has 0 aliphatic carbocycles. The highest BCUT2D eigenvalue weighted by atomic mass is 16.3. The number of phenols is 2. The number of rotatable bonds is 2. The van der Waals surface area contributed by atoms with Crippen LogP contribution in [0.15, 0.2) is 18.2 Å². The Morgan fingerprint density at radius 3 is 2.23 bits per heavy atom. The topological polar surface area (TPSA) is 92.5 Å². The van der Waals surface area contributed by atoms with E-state index in [0.29, 0.717) is 5.56 Å². The summed E-state index contributed by atoms with van der Waals surface area (Å²) in [6.07, 6.45) is 0. The number of nitrogens with two attached hydrogens (primary N) is 2. The van der Waals surface area contributed by atoms with Gasteiger partial charge < -0.3 is 21.7 Å². The summed E-state index contributed by atoms with van der Waals surface area (Å²) in [6.45, 7) is 1.79. The first-order valence-electron chi connectivity index (χ1n) is 4.05.